The van der Waals surface area contributed by atoms with Gasteiger partial charge in [-0.2, -0.15) is 0 Å². The number of carbonyl (C=O) groups is 1. The maximum absolute atomic E-state index is 12.7. The van der Waals surface area contributed by atoms with E-state index in [9.17, 15) is 9.18 Å². The number of benzene rings is 1. The van der Waals surface area contributed by atoms with Gasteiger partial charge in [-0.05, 0) is 43.0 Å². The molecule has 0 heterocycles. The van der Waals surface area contributed by atoms with Crippen LogP contribution in [0.25, 0.3) is 0 Å². The van der Waals surface area contributed by atoms with Crippen molar-refractivity contribution in [2.24, 2.45) is 5.92 Å². The van der Waals surface area contributed by atoms with Gasteiger partial charge in [-0.3, -0.25) is 4.79 Å². The lowest BCUT2D eigenvalue weighted by atomic mass is 10.2. The summed E-state index contributed by atoms with van der Waals surface area (Å²) in [6.07, 6.45) is 2.57. The van der Waals surface area contributed by atoms with E-state index in [0.29, 0.717) is 13.1 Å². The molecule has 0 bridgehead atoms. The van der Waals surface area contributed by atoms with E-state index in [4.69, 9.17) is 0 Å². The number of nitrogens with zero attached hydrogens (tertiary/aromatic N) is 1. The number of likely N-dealkylation sites (N-methyl/N-ethyl adjacent to an activating group) is 1. The molecule has 0 spiro atoms. The fourth-order valence-electron chi connectivity index (χ4n) is 1.79. The third-order valence-corrected chi connectivity index (χ3v) is 3.16. The molecule has 0 saturated heterocycles. The van der Waals surface area contributed by atoms with Crippen molar-refractivity contribution in [3.05, 3.63) is 35.6 Å². The van der Waals surface area contributed by atoms with Crippen LogP contribution in [0.1, 0.15) is 18.4 Å². The van der Waals surface area contributed by atoms with Crippen molar-refractivity contribution in [2.45, 2.75) is 19.4 Å². The topological polar surface area (TPSA) is 32.3 Å². The molecule has 0 radical (unpaired) electrons. The van der Waals surface area contributed by atoms with E-state index in [0.717, 1.165) is 18.0 Å². The Morgan fingerprint density at radius 1 is 1.37 bits per heavy atom. The van der Waals surface area contributed by atoms with Crippen molar-refractivity contribution in [1.82, 2.24) is 10.2 Å². The molecule has 1 aromatic rings. The van der Waals surface area contributed by atoms with Crippen LogP contribution in [-0.4, -0.2) is 30.9 Å². The molecule has 3 nitrogen and oxygen atoms in total. The monoisotopic (exact) mass is 286 g/mol. The highest BCUT2D eigenvalue weighted by atomic mass is 35.5. The Morgan fingerprint density at radius 2 is 2.00 bits per heavy atom. The van der Waals surface area contributed by atoms with E-state index < -0.39 is 0 Å². The Labute approximate surface area is 119 Å². The minimum absolute atomic E-state index is 0. The molecule has 1 fully saturated rings. The zero-order chi connectivity index (χ0) is 13.0. The Bertz CT molecular complexity index is 406. The average molecular weight is 287 g/mol. The first-order valence-electron chi connectivity index (χ1n) is 6.34. The van der Waals surface area contributed by atoms with E-state index in [1.165, 1.54) is 25.0 Å². The zero-order valence-electron chi connectivity index (χ0n) is 11.1. The van der Waals surface area contributed by atoms with E-state index in [1.807, 2.05) is 0 Å². The van der Waals surface area contributed by atoms with Gasteiger partial charge < -0.3 is 10.2 Å². The molecule has 1 aliphatic rings. The number of hydrogen-bond acceptors (Lipinski definition) is 2. The lowest BCUT2D eigenvalue weighted by molar-refractivity contribution is -0.129. The quantitative estimate of drug-likeness (QED) is 0.870. The molecule has 106 valence electrons. The molecular weight excluding hydrogens is 267 g/mol. The van der Waals surface area contributed by atoms with Crippen LogP contribution in [-0.2, 0) is 11.3 Å². The van der Waals surface area contributed by atoms with E-state index in [1.54, 1.807) is 24.1 Å². The van der Waals surface area contributed by atoms with Gasteiger partial charge in [-0.25, -0.2) is 4.39 Å². The number of nitrogens with one attached hydrogen (secondary N) is 1. The standard InChI is InChI=1S/C14H19FN2O.ClH/c1-17(10-12-4-6-13(15)7-5-12)14(18)9-16-8-11-2-3-11;/h4-7,11,16H,2-3,8-10H2,1H3;1H. The first-order chi connectivity index (χ1) is 8.65. The second-order valence-corrected chi connectivity index (χ2v) is 4.95. The zero-order valence-corrected chi connectivity index (χ0v) is 11.9. The van der Waals surface area contributed by atoms with Crippen LogP contribution in [0.5, 0.6) is 0 Å². The van der Waals surface area contributed by atoms with Crippen LogP contribution in [0, 0.1) is 11.7 Å². The molecule has 1 aliphatic carbocycles. The van der Waals surface area contributed by atoms with Crippen LogP contribution in [0.2, 0.25) is 0 Å². The molecule has 1 saturated carbocycles. The Morgan fingerprint density at radius 3 is 2.58 bits per heavy atom. The van der Waals surface area contributed by atoms with Gasteiger partial charge in [0.25, 0.3) is 0 Å². The highest BCUT2D eigenvalue weighted by Crippen LogP contribution is 2.27. The molecular formula is C14H20ClFN2O. The fraction of sp³-hybridized carbons (Fsp3) is 0.500. The van der Waals surface area contributed by atoms with Crippen molar-refractivity contribution in [1.29, 1.82) is 0 Å². The number of carbonyl (C=O) groups excluding carboxylic acids is 1. The van der Waals surface area contributed by atoms with Gasteiger partial charge in [0.05, 0.1) is 6.54 Å². The summed E-state index contributed by atoms with van der Waals surface area (Å²) in [6.45, 7) is 1.84. The van der Waals surface area contributed by atoms with Crippen molar-refractivity contribution < 1.29 is 9.18 Å². The Balaban J connectivity index is 0.00000180. The second-order valence-electron chi connectivity index (χ2n) is 4.95. The van der Waals surface area contributed by atoms with Crippen LogP contribution in [0.4, 0.5) is 4.39 Å². The lowest BCUT2D eigenvalue weighted by Crippen LogP contribution is -2.35. The van der Waals surface area contributed by atoms with Crippen LogP contribution < -0.4 is 5.32 Å². The van der Waals surface area contributed by atoms with E-state index in [-0.39, 0.29) is 24.1 Å². The summed E-state index contributed by atoms with van der Waals surface area (Å²) in [5, 5.41) is 3.17. The van der Waals surface area contributed by atoms with Gasteiger partial charge in [-0.15, -0.1) is 12.4 Å². The Kier molecular flexibility index (Phi) is 6.25. The van der Waals surface area contributed by atoms with E-state index in [2.05, 4.69) is 5.32 Å². The summed E-state index contributed by atoms with van der Waals surface area (Å²) in [5.74, 6) is 0.596. The summed E-state index contributed by atoms with van der Waals surface area (Å²) in [7, 11) is 1.77. The SMILES string of the molecule is CN(Cc1ccc(F)cc1)C(=O)CNCC1CC1.Cl. The van der Waals surface area contributed by atoms with Gasteiger partial charge in [0.15, 0.2) is 0 Å². The first-order valence-corrected chi connectivity index (χ1v) is 6.34. The number of amides is 1. The third kappa shape index (κ3) is 5.57. The highest BCUT2D eigenvalue weighted by molar-refractivity contribution is 5.85. The minimum Gasteiger partial charge on any atom is -0.340 e. The van der Waals surface area contributed by atoms with Crippen molar-refractivity contribution in [3.8, 4) is 0 Å². The minimum atomic E-state index is -0.251. The second kappa shape index (κ2) is 7.46. The Hall–Kier alpha value is -1.13. The van der Waals surface area contributed by atoms with Crippen LogP contribution in [0.15, 0.2) is 24.3 Å². The molecule has 19 heavy (non-hydrogen) atoms. The summed E-state index contributed by atoms with van der Waals surface area (Å²) >= 11 is 0. The molecule has 0 aromatic heterocycles. The summed E-state index contributed by atoms with van der Waals surface area (Å²) in [6, 6.07) is 6.24. The van der Waals surface area contributed by atoms with E-state index >= 15 is 0 Å². The third-order valence-electron chi connectivity index (χ3n) is 3.16. The summed E-state index contributed by atoms with van der Waals surface area (Å²) in [5.41, 5.74) is 0.939. The molecule has 1 N–H and O–H groups in total. The van der Waals surface area contributed by atoms with Crippen molar-refractivity contribution >= 4 is 18.3 Å². The molecule has 2 rings (SSSR count). The maximum atomic E-state index is 12.7. The van der Waals surface area contributed by atoms with Gasteiger partial charge in [0, 0.05) is 13.6 Å². The van der Waals surface area contributed by atoms with Gasteiger partial charge >= 0.3 is 0 Å². The van der Waals surface area contributed by atoms with Crippen molar-refractivity contribution in [3.63, 3.8) is 0 Å². The maximum Gasteiger partial charge on any atom is 0.236 e. The molecule has 1 aromatic carbocycles. The lowest BCUT2D eigenvalue weighted by Gasteiger charge is -2.17. The van der Waals surface area contributed by atoms with Gasteiger partial charge in [-0.1, -0.05) is 12.1 Å². The van der Waals surface area contributed by atoms with Gasteiger partial charge in [0.1, 0.15) is 5.82 Å². The number of hydrogen-bond donors (Lipinski definition) is 1. The van der Waals surface area contributed by atoms with Crippen LogP contribution >= 0.6 is 12.4 Å². The average Bonchev–Trinajstić information content (AvgIpc) is 3.16. The molecule has 0 atom stereocenters. The number of halogens is 2. The predicted molar refractivity (Wildman–Crippen MR) is 75.7 cm³/mol. The smallest absolute Gasteiger partial charge is 0.236 e. The number of rotatable bonds is 6. The highest BCUT2D eigenvalue weighted by Gasteiger charge is 2.20. The summed E-state index contributed by atoms with van der Waals surface area (Å²) in [4.78, 5) is 13.5. The summed E-state index contributed by atoms with van der Waals surface area (Å²) < 4.78 is 12.7. The normalized spacial score (nSPS) is 13.8. The van der Waals surface area contributed by atoms with Crippen LogP contribution in [0.3, 0.4) is 0 Å². The first kappa shape index (κ1) is 15.9. The predicted octanol–water partition coefficient (Wildman–Crippen LogP) is 2.21. The van der Waals surface area contributed by atoms with Crippen molar-refractivity contribution in [2.75, 3.05) is 20.1 Å². The molecule has 5 heteroatoms. The van der Waals surface area contributed by atoms with Gasteiger partial charge in [0.2, 0.25) is 5.91 Å². The molecule has 0 aliphatic heterocycles. The molecule has 1 amide bonds. The fourth-order valence-corrected chi connectivity index (χ4v) is 1.79. The molecule has 0 unspecified atom stereocenters. The largest absolute Gasteiger partial charge is 0.340 e.